The fourth-order valence-electron chi connectivity index (χ4n) is 2.69. The summed E-state index contributed by atoms with van der Waals surface area (Å²) in [6, 6.07) is 0. The molecule has 3 atom stereocenters. The number of aliphatic hydroxyl groups excluding tert-OH is 1. The Balaban J connectivity index is 2.01. The molecule has 4 nitrogen and oxygen atoms in total. The molecule has 0 aromatic heterocycles. The molecule has 0 radical (unpaired) electrons. The maximum Gasteiger partial charge on any atom is 0.308 e. The number of carbonyl (C=O) groups excluding carboxylic acids is 1. The Hall–Kier alpha value is -0.610. The molecular formula is C11H18O4. The van der Waals surface area contributed by atoms with Crippen molar-refractivity contribution >= 4 is 5.97 Å². The van der Waals surface area contributed by atoms with E-state index in [-0.39, 0.29) is 12.4 Å². The van der Waals surface area contributed by atoms with Crippen LogP contribution in [0.3, 0.4) is 0 Å². The third-order valence-electron chi connectivity index (χ3n) is 3.57. The largest absolute Gasteiger partial charge is 0.466 e. The minimum Gasteiger partial charge on any atom is -0.466 e. The minimum absolute atomic E-state index is 0.226. The predicted molar refractivity (Wildman–Crippen MR) is 53.3 cm³/mol. The first-order valence-electron chi connectivity index (χ1n) is 5.54. The van der Waals surface area contributed by atoms with Gasteiger partial charge >= 0.3 is 5.97 Å². The second-order valence-electron chi connectivity index (χ2n) is 4.80. The van der Waals surface area contributed by atoms with Crippen molar-refractivity contribution in [3.05, 3.63) is 0 Å². The molecule has 1 N–H and O–H groups in total. The molecule has 2 saturated heterocycles. The lowest BCUT2D eigenvalue weighted by molar-refractivity contribution is -0.150. The van der Waals surface area contributed by atoms with Crippen LogP contribution in [0.4, 0.5) is 0 Å². The van der Waals surface area contributed by atoms with Crippen LogP contribution in [0.15, 0.2) is 0 Å². The van der Waals surface area contributed by atoms with Gasteiger partial charge < -0.3 is 14.6 Å². The Morgan fingerprint density at radius 1 is 1.60 bits per heavy atom. The average molecular weight is 214 g/mol. The smallest absolute Gasteiger partial charge is 0.308 e. The summed E-state index contributed by atoms with van der Waals surface area (Å²) in [5.41, 5.74) is -0.896. The Kier molecular flexibility index (Phi) is 2.51. The van der Waals surface area contributed by atoms with E-state index in [1.165, 1.54) is 0 Å². The van der Waals surface area contributed by atoms with Gasteiger partial charge in [-0.05, 0) is 26.7 Å². The van der Waals surface area contributed by atoms with Crippen molar-refractivity contribution in [1.29, 1.82) is 0 Å². The number of rotatable bonds is 3. The minimum atomic E-state index is -0.458. The molecule has 15 heavy (non-hydrogen) atoms. The molecule has 0 aliphatic carbocycles. The van der Waals surface area contributed by atoms with Gasteiger partial charge in [0.05, 0.1) is 30.3 Å². The Morgan fingerprint density at radius 3 is 2.80 bits per heavy atom. The topological polar surface area (TPSA) is 55.8 Å². The number of hydrogen-bond acceptors (Lipinski definition) is 4. The van der Waals surface area contributed by atoms with Gasteiger partial charge in [0.1, 0.15) is 0 Å². The van der Waals surface area contributed by atoms with Gasteiger partial charge in [0.15, 0.2) is 0 Å². The van der Waals surface area contributed by atoms with Crippen LogP contribution in [0, 0.1) is 0 Å². The quantitative estimate of drug-likeness (QED) is 0.712. The van der Waals surface area contributed by atoms with E-state index in [0.717, 1.165) is 12.8 Å². The van der Waals surface area contributed by atoms with Gasteiger partial charge in [-0.25, -0.2) is 0 Å². The van der Waals surface area contributed by atoms with Gasteiger partial charge in [-0.15, -0.1) is 0 Å². The lowest BCUT2D eigenvalue weighted by Crippen LogP contribution is -2.35. The van der Waals surface area contributed by atoms with Crippen LogP contribution in [-0.2, 0) is 14.3 Å². The van der Waals surface area contributed by atoms with Crippen LogP contribution in [0.2, 0.25) is 0 Å². The normalized spacial score (nSPS) is 43.3. The highest BCUT2D eigenvalue weighted by atomic mass is 16.6. The van der Waals surface area contributed by atoms with E-state index in [1.54, 1.807) is 6.92 Å². The molecule has 2 fully saturated rings. The fraction of sp³-hybridized carbons (Fsp3) is 0.909. The van der Waals surface area contributed by atoms with E-state index in [1.807, 2.05) is 6.92 Å². The fourth-order valence-corrected chi connectivity index (χ4v) is 2.69. The summed E-state index contributed by atoms with van der Waals surface area (Å²) >= 11 is 0. The summed E-state index contributed by atoms with van der Waals surface area (Å²) < 4.78 is 10.7. The number of aliphatic hydroxyl groups is 1. The third-order valence-corrected chi connectivity index (χ3v) is 3.57. The summed E-state index contributed by atoms with van der Waals surface area (Å²) in [6.07, 6.45) is 2.06. The highest BCUT2D eigenvalue weighted by molar-refractivity contribution is 5.71. The van der Waals surface area contributed by atoms with Crippen molar-refractivity contribution in [3.8, 4) is 0 Å². The maximum absolute atomic E-state index is 11.4. The van der Waals surface area contributed by atoms with Crippen molar-refractivity contribution in [2.45, 2.75) is 56.8 Å². The Bertz CT molecular complexity index is 278. The van der Waals surface area contributed by atoms with Gasteiger partial charge in [-0.2, -0.15) is 0 Å². The monoisotopic (exact) mass is 214 g/mol. The first kappa shape index (κ1) is 10.9. The molecule has 4 heteroatoms. The Morgan fingerprint density at radius 2 is 2.33 bits per heavy atom. The molecule has 0 aromatic rings. The highest BCUT2D eigenvalue weighted by Crippen LogP contribution is 2.52. The molecule has 2 aliphatic rings. The van der Waals surface area contributed by atoms with Gasteiger partial charge in [0, 0.05) is 6.42 Å². The van der Waals surface area contributed by atoms with Gasteiger partial charge in [0.25, 0.3) is 0 Å². The zero-order valence-corrected chi connectivity index (χ0v) is 9.28. The van der Waals surface area contributed by atoms with Crippen LogP contribution >= 0.6 is 0 Å². The van der Waals surface area contributed by atoms with E-state index >= 15 is 0 Å². The first-order valence-corrected chi connectivity index (χ1v) is 5.54. The molecule has 2 rings (SSSR count). The third kappa shape index (κ3) is 1.76. The number of hydrogen-bond donors (Lipinski definition) is 1. The van der Waals surface area contributed by atoms with Crippen molar-refractivity contribution in [2.24, 2.45) is 0 Å². The van der Waals surface area contributed by atoms with Crippen molar-refractivity contribution < 1.29 is 19.4 Å². The molecule has 86 valence electrons. The van der Waals surface area contributed by atoms with Gasteiger partial charge in [-0.1, -0.05) is 0 Å². The second-order valence-corrected chi connectivity index (χ2v) is 4.80. The molecule has 0 unspecified atom stereocenters. The van der Waals surface area contributed by atoms with Gasteiger partial charge in [-0.3, -0.25) is 4.79 Å². The maximum atomic E-state index is 11.4. The summed E-state index contributed by atoms with van der Waals surface area (Å²) in [7, 11) is 0. The van der Waals surface area contributed by atoms with Gasteiger partial charge in [0.2, 0.25) is 0 Å². The molecule has 2 heterocycles. The summed E-state index contributed by atoms with van der Waals surface area (Å²) in [6.45, 7) is 4.10. The second kappa shape index (κ2) is 3.46. The summed E-state index contributed by atoms with van der Waals surface area (Å²) in [5, 5.41) is 9.81. The van der Waals surface area contributed by atoms with Crippen LogP contribution in [-0.4, -0.2) is 35.0 Å². The number of esters is 1. The average Bonchev–Trinajstić information content (AvgIpc) is 2.55. The molecule has 0 spiro atoms. The van der Waals surface area contributed by atoms with Crippen molar-refractivity contribution in [3.63, 3.8) is 0 Å². The van der Waals surface area contributed by atoms with Crippen LogP contribution in [0.5, 0.6) is 0 Å². The first-order chi connectivity index (χ1) is 7.00. The van der Waals surface area contributed by atoms with Crippen LogP contribution in [0.25, 0.3) is 0 Å². The van der Waals surface area contributed by atoms with E-state index in [9.17, 15) is 9.90 Å². The summed E-state index contributed by atoms with van der Waals surface area (Å²) in [5.74, 6) is -0.226. The van der Waals surface area contributed by atoms with E-state index in [0.29, 0.717) is 13.0 Å². The van der Waals surface area contributed by atoms with Crippen molar-refractivity contribution in [2.75, 3.05) is 6.61 Å². The van der Waals surface area contributed by atoms with E-state index in [4.69, 9.17) is 9.47 Å². The summed E-state index contributed by atoms with van der Waals surface area (Å²) in [4.78, 5) is 11.4. The highest BCUT2D eigenvalue weighted by Gasteiger charge is 2.59. The van der Waals surface area contributed by atoms with E-state index < -0.39 is 17.3 Å². The standard InChI is InChI=1S/C11H18O4/c1-3-14-9(13)7-11-5-4-10(2,15-11)8(12)6-11/h8,12H,3-7H2,1-2H3/t8-,10+,11-/m0/s1. The SMILES string of the molecule is CCOC(=O)C[C@@]12CC[C@@](C)(O1)[C@@H](O)C2. The predicted octanol–water partition coefficient (Wildman–Crippen LogP) is 1.01. The zero-order valence-electron chi connectivity index (χ0n) is 9.28. The van der Waals surface area contributed by atoms with E-state index in [2.05, 4.69) is 0 Å². The molecular weight excluding hydrogens is 196 g/mol. The molecule has 2 bridgehead atoms. The molecule has 2 aliphatic heterocycles. The number of fused-ring (bicyclic) bond motifs is 2. The number of carbonyl (C=O) groups is 1. The lowest BCUT2D eigenvalue weighted by atomic mass is 9.79. The van der Waals surface area contributed by atoms with Crippen molar-refractivity contribution in [1.82, 2.24) is 0 Å². The number of ether oxygens (including phenoxy) is 2. The lowest BCUT2D eigenvalue weighted by Gasteiger charge is -2.25. The van der Waals surface area contributed by atoms with Crippen LogP contribution in [0.1, 0.15) is 39.5 Å². The Labute approximate surface area is 89.6 Å². The zero-order chi connectivity index (χ0) is 11.1. The molecule has 0 saturated carbocycles. The molecule has 0 amide bonds. The van der Waals surface area contributed by atoms with Crippen LogP contribution < -0.4 is 0 Å². The molecule has 0 aromatic carbocycles.